The summed E-state index contributed by atoms with van der Waals surface area (Å²) >= 11 is 0. The van der Waals surface area contributed by atoms with Gasteiger partial charge in [-0.15, -0.1) is 0 Å². The van der Waals surface area contributed by atoms with Crippen molar-refractivity contribution in [3.05, 3.63) is 77.5 Å². The summed E-state index contributed by atoms with van der Waals surface area (Å²) in [7, 11) is 0. The number of pyridine rings is 1. The van der Waals surface area contributed by atoms with Gasteiger partial charge in [-0.2, -0.15) is 0 Å². The molecule has 29 heavy (non-hydrogen) atoms. The monoisotopic (exact) mass is 385 g/mol. The second-order valence-corrected chi connectivity index (χ2v) is 8.40. The lowest BCUT2D eigenvalue weighted by Crippen LogP contribution is -2.44. The predicted octanol–water partition coefficient (Wildman–Crippen LogP) is 4.51. The van der Waals surface area contributed by atoms with Gasteiger partial charge in [-0.3, -0.25) is 14.7 Å². The molecule has 2 heterocycles. The molecule has 2 aliphatic rings. The summed E-state index contributed by atoms with van der Waals surface area (Å²) in [6.45, 7) is 3.02. The number of carbonyl (C=O) groups is 1. The van der Waals surface area contributed by atoms with E-state index in [9.17, 15) is 4.79 Å². The van der Waals surface area contributed by atoms with E-state index in [1.165, 1.54) is 18.4 Å². The number of fused-ring (bicyclic) bond motifs is 1. The minimum Gasteiger partial charge on any atom is -0.349 e. The van der Waals surface area contributed by atoms with E-state index in [0.29, 0.717) is 5.92 Å². The lowest BCUT2D eigenvalue weighted by atomic mass is 10.0. The van der Waals surface area contributed by atoms with Crippen molar-refractivity contribution >= 4 is 16.8 Å². The summed E-state index contributed by atoms with van der Waals surface area (Å²) in [6, 6.07) is 20.9. The standard InChI is InChI=1S/C25H27N3O/c29-25(22-16-24(19-10-11-19)27-23-9-5-4-8-21(22)23)26-20-12-14-28(15-13-20)17-18-6-2-1-3-7-18/h1-9,16,19-20H,10-15,17H2,(H,26,29). The van der Waals surface area contributed by atoms with Crippen LogP contribution in [0.3, 0.4) is 0 Å². The van der Waals surface area contributed by atoms with Crippen LogP contribution in [0.4, 0.5) is 0 Å². The van der Waals surface area contributed by atoms with Crippen LogP contribution in [-0.2, 0) is 6.54 Å². The second kappa shape index (κ2) is 7.96. The highest BCUT2D eigenvalue weighted by molar-refractivity contribution is 6.06. The van der Waals surface area contributed by atoms with Crippen LogP contribution in [0.15, 0.2) is 60.7 Å². The van der Waals surface area contributed by atoms with E-state index in [1.807, 2.05) is 30.3 Å². The van der Waals surface area contributed by atoms with Crippen LogP contribution < -0.4 is 5.32 Å². The number of benzene rings is 2. The predicted molar refractivity (Wildman–Crippen MR) is 116 cm³/mol. The van der Waals surface area contributed by atoms with Crippen molar-refractivity contribution in [3.63, 3.8) is 0 Å². The molecule has 1 aromatic heterocycles. The van der Waals surface area contributed by atoms with E-state index in [0.717, 1.165) is 54.6 Å². The van der Waals surface area contributed by atoms with Crippen LogP contribution in [0.2, 0.25) is 0 Å². The lowest BCUT2D eigenvalue weighted by molar-refractivity contribution is 0.0910. The van der Waals surface area contributed by atoms with Gasteiger partial charge in [-0.25, -0.2) is 0 Å². The fraction of sp³-hybridized carbons (Fsp3) is 0.360. The zero-order valence-electron chi connectivity index (χ0n) is 16.7. The number of para-hydroxylation sites is 1. The molecule has 3 aromatic rings. The molecule has 0 radical (unpaired) electrons. The number of hydrogen-bond acceptors (Lipinski definition) is 3. The van der Waals surface area contributed by atoms with Gasteiger partial charge in [0.15, 0.2) is 0 Å². The largest absolute Gasteiger partial charge is 0.349 e. The summed E-state index contributed by atoms with van der Waals surface area (Å²) < 4.78 is 0. The summed E-state index contributed by atoms with van der Waals surface area (Å²) in [5.74, 6) is 0.583. The number of piperidine rings is 1. The van der Waals surface area contributed by atoms with Gasteiger partial charge in [-0.05, 0) is 43.4 Å². The van der Waals surface area contributed by atoms with E-state index >= 15 is 0 Å². The Morgan fingerprint density at radius 1 is 0.966 bits per heavy atom. The van der Waals surface area contributed by atoms with E-state index in [2.05, 4.69) is 40.5 Å². The van der Waals surface area contributed by atoms with Crippen molar-refractivity contribution < 1.29 is 4.79 Å². The molecule has 4 heteroatoms. The average molecular weight is 386 g/mol. The molecule has 1 saturated carbocycles. The smallest absolute Gasteiger partial charge is 0.252 e. The first-order valence-corrected chi connectivity index (χ1v) is 10.7. The van der Waals surface area contributed by atoms with E-state index in [-0.39, 0.29) is 11.9 Å². The highest BCUT2D eigenvalue weighted by atomic mass is 16.1. The molecular formula is C25H27N3O. The highest BCUT2D eigenvalue weighted by Gasteiger charge is 2.28. The molecule has 1 saturated heterocycles. The first-order chi connectivity index (χ1) is 14.3. The molecule has 0 bridgehead atoms. The third-order valence-electron chi connectivity index (χ3n) is 6.15. The average Bonchev–Trinajstić information content (AvgIpc) is 3.60. The zero-order valence-corrected chi connectivity index (χ0v) is 16.7. The molecule has 0 spiro atoms. The van der Waals surface area contributed by atoms with E-state index in [1.54, 1.807) is 0 Å². The van der Waals surface area contributed by atoms with Crippen molar-refractivity contribution in [2.45, 2.75) is 44.2 Å². The van der Waals surface area contributed by atoms with Crippen LogP contribution in [0.25, 0.3) is 10.9 Å². The summed E-state index contributed by atoms with van der Waals surface area (Å²) in [6.07, 6.45) is 4.37. The topological polar surface area (TPSA) is 45.2 Å². The van der Waals surface area contributed by atoms with Gasteiger partial charge >= 0.3 is 0 Å². The first-order valence-electron chi connectivity index (χ1n) is 10.7. The summed E-state index contributed by atoms with van der Waals surface area (Å²) in [5.41, 5.74) is 4.14. The Hall–Kier alpha value is -2.72. The van der Waals surface area contributed by atoms with Crippen LogP contribution in [0, 0.1) is 0 Å². The van der Waals surface area contributed by atoms with Crippen molar-refractivity contribution in [3.8, 4) is 0 Å². The van der Waals surface area contributed by atoms with Crippen molar-refractivity contribution in [2.24, 2.45) is 0 Å². The maximum Gasteiger partial charge on any atom is 0.252 e. The second-order valence-electron chi connectivity index (χ2n) is 8.40. The Labute approximate surface area is 171 Å². The molecule has 1 aliphatic heterocycles. The number of amides is 1. The Kier molecular flexibility index (Phi) is 5.03. The molecule has 0 unspecified atom stereocenters. The highest BCUT2D eigenvalue weighted by Crippen LogP contribution is 2.40. The molecule has 2 aromatic carbocycles. The summed E-state index contributed by atoms with van der Waals surface area (Å²) in [4.78, 5) is 20.4. The number of rotatable bonds is 5. The van der Waals surface area contributed by atoms with Gasteiger partial charge in [0, 0.05) is 42.7 Å². The van der Waals surface area contributed by atoms with Crippen molar-refractivity contribution in [2.75, 3.05) is 13.1 Å². The molecule has 1 aliphatic carbocycles. The number of hydrogen-bond donors (Lipinski definition) is 1. The number of likely N-dealkylation sites (tertiary alicyclic amines) is 1. The minimum atomic E-state index is 0.0482. The number of carbonyl (C=O) groups excluding carboxylic acids is 1. The molecule has 1 amide bonds. The third-order valence-corrected chi connectivity index (χ3v) is 6.15. The molecule has 0 atom stereocenters. The number of nitrogens with one attached hydrogen (secondary N) is 1. The quantitative estimate of drug-likeness (QED) is 0.703. The number of nitrogens with zero attached hydrogens (tertiary/aromatic N) is 2. The zero-order chi connectivity index (χ0) is 19.6. The van der Waals surface area contributed by atoms with Crippen LogP contribution in [0.5, 0.6) is 0 Å². The molecule has 4 nitrogen and oxygen atoms in total. The van der Waals surface area contributed by atoms with Crippen molar-refractivity contribution in [1.82, 2.24) is 15.2 Å². The molecular weight excluding hydrogens is 358 g/mol. The van der Waals surface area contributed by atoms with Crippen LogP contribution in [-0.4, -0.2) is 34.9 Å². The fourth-order valence-corrected chi connectivity index (χ4v) is 4.31. The van der Waals surface area contributed by atoms with Gasteiger partial charge in [0.05, 0.1) is 11.1 Å². The SMILES string of the molecule is O=C(NC1CCN(Cc2ccccc2)CC1)c1cc(C2CC2)nc2ccccc12. The van der Waals surface area contributed by atoms with E-state index in [4.69, 9.17) is 4.98 Å². The maximum atomic E-state index is 13.1. The Morgan fingerprint density at radius 2 is 1.69 bits per heavy atom. The van der Waals surface area contributed by atoms with Crippen LogP contribution >= 0.6 is 0 Å². The van der Waals surface area contributed by atoms with Gasteiger partial charge in [0.1, 0.15) is 0 Å². The first kappa shape index (κ1) is 18.3. The van der Waals surface area contributed by atoms with Gasteiger partial charge in [0.2, 0.25) is 0 Å². The minimum absolute atomic E-state index is 0.0482. The fourth-order valence-electron chi connectivity index (χ4n) is 4.31. The molecule has 2 fully saturated rings. The normalized spacial score (nSPS) is 18.1. The Bertz CT molecular complexity index is 1010. The maximum absolute atomic E-state index is 13.1. The van der Waals surface area contributed by atoms with Gasteiger partial charge in [0.25, 0.3) is 5.91 Å². The Morgan fingerprint density at radius 3 is 2.45 bits per heavy atom. The molecule has 148 valence electrons. The summed E-state index contributed by atoms with van der Waals surface area (Å²) in [5, 5.41) is 4.26. The van der Waals surface area contributed by atoms with Gasteiger partial charge < -0.3 is 5.32 Å². The van der Waals surface area contributed by atoms with E-state index < -0.39 is 0 Å². The molecule has 5 rings (SSSR count). The lowest BCUT2D eigenvalue weighted by Gasteiger charge is -2.32. The third kappa shape index (κ3) is 4.18. The van der Waals surface area contributed by atoms with Crippen molar-refractivity contribution in [1.29, 1.82) is 0 Å². The van der Waals surface area contributed by atoms with Crippen LogP contribution in [0.1, 0.15) is 53.2 Å². The molecule has 1 N–H and O–H groups in total. The Balaban J connectivity index is 1.25. The van der Waals surface area contributed by atoms with Gasteiger partial charge in [-0.1, -0.05) is 48.5 Å². The number of aromatic nitrogens is 1.